The molecule has 5 nitrogen and oxygen atoms in total. The van der Waals surface area contributed by atoms with Crippen LogP contribution in [0.3, 0.4) is 0 Å². The van der Waals surface area contributed by atoms with Crippen LogP contribution in [0.4, 0.5) is 5.69 Å². The second-order valence-electron chi connectivity index (χ2n) is 4.99. The quantitative estimate of drug-likeness (QED) is 0.760. The highest BCUT2D eigenvalue weighted by atomic mass is 16.5. The number of amides is 1. The number of nitrogens with zero attached hydrogens (tertiary/aromatic N) is 1. The Hall–Kier alpha value is -2.82. The number of imidazole rings is 1. The normalized spacial score (nSPS) is 10.6. The molecule has 3 aromatic rings. The van der Waals surface area contributed by atoms with Crippen molar-refractivity contribution in [3.63, 3.8) is 0 Å². The lowest BCUT2D eigenvalue weighted by Crippen LogP contribution is -2.12. The number of carbonyl (C=O) groups excluding carboxylic acids is 1. The zero-order chi connectivity index (χ0) is 15.4. The molecule has 1 aromatic heterocycles. The summed E-state index contributed by atoms with van der Waals surface area (Å²) in [5.74, 6) is 0.791. The highest BCUT2D eigenvalue weighted by molar-refractivity contribution is 5.93. The van der Waals surface area contributed by atoms with E-state index in [-0.39, 0.29) is 5.91 Å². The third-order valence-electron chi connectivity index (χ3n) is 3.52. The number of hydrogen-bond acceptors (Lipinski definition) is 3. The Balaban J connectivity index is 1.62. The van der Waals surface area contributed by atoms with Crippen LogP contribution in [0, 0.1) is 0 Å². The van der Waals surface area contributed by atoms with E-state index >= 15 is 0 Å². The maximum absolute atomic E-state index is 12.1. The Bertz CT molecular complexity index is 795. The van der Waals surface area contributed by atoms with Gasteiger partial charge >= 0.3 is 0 Å². The van der Waals surface area contributed by atoms with E-state index in [2.05, 4.69) is 15.3 Å². The van der Waals surface area contributed by atoms with E-state index in [0.29, 0.717) is 12.8 Å². The Morgan fingerprint density at radius 3 is 3.00 bits per heavy atom. The van der Waals surface area contributed by atoms with Crippen molar-refractivity contribution in [2.24, 2.45) is 0 Å². The molecule has 2 aromatic carbocycles. The molecule has 0 aliphatic heterocycles. The SMILES string of the molecule is COc1ccccc1CCC(=O)Nc1ccc2nc[nH]c2c1. The van der Waals surface area contributed by atoms with Gasteiger partial charge in [-0.05, 0) is 36.2 Å². The molecule has 0 saturated carbocycles. The lowest BCUT2D eigenvalue weighted by Gasteiger charge is -2.08. The average Bonchev–Trinajstić information content (AvgIpc) is 3.01. The Labute approximate surface area is 128 Å². The highest BCUT2D eigenvalue weighted by Gasteiger charge is 2.07. The molecule has 0 aliphatic rings. The van der Waals surface area contributed by atoms with E-state index in [9.17, 15) is 4.79 Å². The lowest BCUT2D eigenvalue weighted by atomic mass is 10.1. The first-order valence-corrected chi connectivity index (χ1v) is 7.11. The largest absolute Gasteiger partial charge is 0.496 e. The van der Waals surface area contributed by atoms with Crippen molar-refractivity contribution in [3.05, 3.63) is 54.4 Å². The van der Waals surface area contributed by atoms with Gasteiger partial charge in [-0.2, -0.15) is 0 Å². The number of methoxy groups -OCH3 is 1. The van der Waals surface area contributed by atoms with Crippen LogP contribution in [0.1, 0.15) is 12.0 Å². The number of benzene rings is 2. The van der Waals surface area contributed by atoms with Crippen molar-refractivity contribution in [1.29, 1.82) is 0 Å². The molecule has 3 rings (SSSR count). The van der Waals surface area contributed by atoms with Crippen LogP contribution in [-0.2, 0) is 11.2 Å². The highest BCUT2D eigenvalue weighted by Crippen LogP contribution is 2.20. The summed E-state index contributed by atoms with van der Waals surface area (Å²) in [6, 6.07) is 13.3. The number of aromatic nitrogens is 2. The number of nitrogens with one attached hydrogen (secondary N) is 2. The van der Waals surface area contributed by atoms with Crippen molar-refractivity contribution in [3.8, 4) is 5.75 Å². The smallest absolute Gasteiger partial charge is 0.224 e. The monoisotopic (exact) mass is 295 g/mol. The second kappa shape index (κ2) is 6.30. The number of rotatable bonds is 5. The molecule has 0 radical (unpaired) electrons. The minimum absolute atomic E-state index is 0.0234. The zero-order valence-corrected chi connectivity index (χ0v) is 12.3. The molecule has 0 bridgehead atoms. The molecule has 112 valence electrons. The van der Waals surface area contributed by atoms with Crippen LogP contribution in [0.15, 0.2) is 48.8 Å². The first-order chi connectivity index (χ1) is 10.8. The summed E-state index contributed by atoms with van der Waals surface area (Å²) in [5.41, 5.74) is 3.58. The number of para-hydroxylation sites is 1. The molecule has 0 saturated heterocycles. The van der Waals surface area contributed by atoms with Gasteiger partial charge in [0.05, 0.1) is 24.5 Å². The molecule has 0 spiro atoms. The van der Waals surface area contributed by atoms with Crippen LogP contribution in [0.25, 0.3) is 11.0 Å². The third-order valence-corrected chi connectivity index (χ3v) is 3.52. The fourth-order valence-corrected chi connectivity index (χ4v) is 2.39. The van der Waals surface area contributed by atoms with Gasteiger partial charge in [0.15, 0.2) is 0 Å². The van der Waals surface area contributed by atoms with E-state index in [4.69, 9.17) is 4.74 Å². The van der Waals surface area contributed by atoms with Gasteiger partial charge in [0.2, 0.25) is 5.91 Å². The topological polar surface area (TPSA) is 67.0 Å². The average molecular weight is 295 g/mol. The van der Waals surface area contributed by atoms with Gasteiger partial charge in [-0.1, -0.05) is 18.2 Å². The van der Waals surface area contributed by atoms with Crippen LogP contribution in [-0.4, -0.2) is 23.0 Å². The molecule has 5 heteroatoms. The van der Waals surface area contributed by atoms with E-state index in [1.807, 2.05) is 42.5 Å². The van der Waals surface area contributed by atoms with Gasteiger partial charge in [0.25, 0.3) is 0 Å². The van der Waals surface area contributed by atoms with Crippen LogP contribution < -0.4 is 10.1 Å². The molecule has 1 amide bonds. The fraction of sp³-hybridized carbons (Fsp3) is 0.176. The van der Waals surface area contributed by atoms with Gasteiger partial charge in [-0.3, -0.25) is 4.79 Å². The van der Waals surface area contributed by atoms with Crippen molar-refractivity contribution in [2.45, 2.75) is 12.8 Å². The van der Waals surface area contributed by atoms with Gasteiger partial charge in [0.1, 0.15) is 5.75 Å². The number of hydrogen-bond donors (Lipinski definition) is 2. The number of H-pyrrole nitrogens is 1. The Morgan fingerprint density at radius 1 is 1.27 bits per heavy atom. The molecule has 0 aliphatic carbocycles. The minimum Gasteiger partial charge on any atom is -0.496 e. The van der Waals surface area contributed by atoms with Crippen LogP contribution >= 0.6 is 0 Å². The van der Waals surface area contributed by atoms with Crippen LogP contribution in [0.2, 0.25) is 0 Å². The molecule has 0 atom stereocenters. The number of aromatic amines is 1. The predicted molar refractivity (Wildman–Crippen MR) is 86.0 cm³/mol. The molecular formula is C17H17N3O2. The summed E-state index contributed by atoms with van der Waals surface area (Å²) in [6.45, 7) is 0. The first kappa shape index (κ1) is 14.1. The Morgan fingerprint density at radius 2 is 2.14 bits per heavy atom. The number of ether oxygens (including phenoxy) is 1. The zero-order valence-electron chi connectivity index (χ0n) is 12.3. The molecule has 22 heavy (non-hydrogen) atoms. The summed E-state index contributed by atoms with van der Waals surface area (Å²) in [6.07, 6.45) is 2.68. The van der Waals surface area contributed by atoms with E-state index in [0.717, 1.165) is 28.0 Å². The van der Waals surface area contributed by atoms with Crippen molar-refractivity contribution in [2.75, 3.05) is 12.4 Å². The molecule has 2 N–H and O–H groups in total. The van der Waals surface area contributed by atoms with E-state index in [1.165, 1.54) is 0 Å². The maximum Gasteiger partial charge on any atom is 0.224 e. The summed E-state index contributed by atoms with van der Waals surface area (Å²) >= 11 is 0. The maximum atomic E-state index is 12.1. The summed E-state index contributed by atoms with van der Waals surface area (Å²) in [5, 5.41) is 2.90. The number of aryl methyl sites for hydroxylation is 1. The molecule has 0 unspecified atom stereocenters. The molecule has 1 heterocycles. The van der Waals surface area contributed by atoms with Crippen molar-refractivity contribution < 1.29 is 9.53 Å². The van der Waals surface area contributed by atoms with Gasteiger partial charge in [-0.25, -0.2) is 4.98 Å². The van der Waals surface area contributed by atoms with E-state index in [1.54, 1.807) is 13.4 Å². The third kappa shape index (κ3) is 3.09. The van der Waals surface area contributed by atoms with Gasteiger partial charge in [-0.15, -0.1) is 0 Å². The summed E-state index contributed by atoms with van der Waals surface area (Å²) in [4.78, 5) is 19.3. The van der Waals surface area contributed by atoms with Crippen LogP contribution in [0.5, 0.6) is 5.75 Å². The minimum atomic E-state index is -0.0234. The van der Waals surface area contributed by atoms with Gasteiger partial charge in [0, 0.05) is 12.1 Å². The first-order valence-electron chi connectivity index (χ1n) is 7.11. The van der Waals surface area contributed by atoms with E-state index < -0.39 is 0 Å². The van der Waals surface area contributed by atoms with Gasteiger partial charge < -0.3 is 15.0 Å². The number of carbonyl (C=O) groups is 1. The molecule has 0 fully saturated rings. The fourth-order valence-electron chi connectivity index (χ4n) is 2.39. The predicted octanol–water partition coefficient (Wildman–Crippen LogP) is 3.14. The summed E-state index contributed by atoms with van der Waals surface area (Å²) in [7, 11) is 1.64. The Kier molecular flexibility index (Phi) is 4.05. The number of anilines is 1. The number of fused-ring (bicyclic) bond motifs is 1. The molecular weight excluding hydrogens is 278 g/mol. The standard InChI is InChI=1S/C17H17N3O2/c1-22-16-5-3-2-4-12(16)6-9-17(21)20-13-7-8-14-15(10-13)19-11-18-14/h2-5,7-8,10-11H,6,9H2,1H3,(H,18,19)(H,20,21). The lowest BCUT2D eigenvalue weighted by molar-refractivity contribution is -0.116. The van der Waals surface area contributed by atoms with Crippen molar-refractivity contribution >= 4 is 22.6 Å². The van der Waals surface area contributed by atoms with Crippen molar-refractivity contribution in [1.82, 2.24) is 9.97 Å². The summed E-state index contributed by atoms with van der Waals surface area (Å²) < 4.78 is 5.29. The second-order valence-corrected chi connectivity index (χ2v) is 4.99.